The molecule has 2 aromatic rings. The number of nitrogens with one attached hydrogen (secondary N) is 2. The molecule has 1 heterocycles. The van der Waals surface area contributed by atoms with Gasteiger partial charge in [0.25, 0.3) is 0 Å². The maximum atomic E-state index is 10.9. The molecule has 3 heteroatoms. The van der Waals surface area contributed by atoms with E-state index in [1.165, 1.54) is 42.3 Å². The van der Waals surface area contributed by atoms with Crippen LogP contribution in [0.4, 0.5) is 5.69 Å². The van der Waals surface area contributed by atoms with E-state index in [0.29, 0.717) is 12.0 Å². The summed E-state index contributed by atoms with van der Waals surface area (Å²) >= 11 is 0. The smallest absolute Gasteiger partial charge is 0.0695 e. The van der Waals surface area contributed by atoms with Gasteiger partial charge in [0.05, 0.1) is 5.60 Å². The highest BCUT2D eigenvalue weighted by Crippen LogP contribution is 2.44. The summed E-state index contributed by atoms with van der Waals surface area (Å²) in [6.07, 6.45) is 9.90. The lowest BCUT2D eigenvalue weighted by Gasteiger charge is -2.48. The highest BCUT2D eigenvalue weighted by Gasteiger charge is 2.45. The molecule has 2 aliphatic rings. The Labute approximate surface area is 125 Å². The molecule has 0 amide bonds. The van der Waals surface area contributed by atoms with E-state index in [0.717, 1.165) is 19.3 Å². The summed E-state index contributed by atoms with van der Waals surface area (Å²) in [5.74, 6) is 0.418. The number of anilines is 1. The fraction of sp³-hybridized carbons (Fsp3) is 0.556. The molecule has 3 nitrogen and oxygen atoms in total. The first-order chi connectivity index (χ1) is 10.2. The number of fused-ring (bicyclic) bond motifs is 2. The summed E-state index contributed by atoms with van der Waals surface area (Å²) in [5.41, 5.74) is 1.95. The second kappa shape index (κ2) is 5.06. The minimum atomic E-state index is -0.410. The van der Waals surface area contributed by atoms with Gasteiger partial charge >= 0.3 is 0 Å². The molecule has 112 valence electrons. The van der Waals surface area contributed by atoms with Crippen molar-refractivity contribution in [3.8, 4) is 0 Å². The predicted octanol–water partition coefficient (Wildman–Crippen LogP) is 4.05. The van der Waals surface area contributed by atoms with Crippen LogP contribution in [0.1, 0.15) is 44.9 Å². The fourth-order valence-corrected chi connectivity index (χ4v) is 4.49. The predicted molar refractivity (Wildman–Crippen MR) is 86.5 cm³/mol. The van der Waals surface area contributed by atoms with Crippen molar-refractivity contribution < 1.29 is 5.11 Å². The molecule has 0 spiro atoms. The lowest BCUT2D eigenvalue weighted by molar-refractivity contribution is -0.0793. The van der Waals surface area contributed by atoms with E-state index >= 15 is 0 Å². The zero-order chi connectivity index (χ0) is 14.3. The van der Waals surface area contributed by atoms with Gasteiger partial charge in [0, 0.05) is 34.7 Å². The summed E-state index contributed by atoms with van der Waals surface area (Å²) in [5, 5.41) is 15.9. The maximum Gasteiger partial charge on any atom is 0.0695 e. The molecule has 1 aromatic heterocycles. The highest BCUT2D eigenvalue weighted by molar-refractivity contribution is 5.83. The lowest BCUT2D eigenvalue weighted by Crippen LogP contribution is -2.52. The van der Waals surface area contributed by atoms with E-state index in [9.17, 15) is 5.11 Å². The van der Waals surface area contributed by atoms with Crippen LogP contribution in [0.25, 0.3) is 10.9 Å². The zero-order valence-corrected chi connectivity index (χ0v) is 12.4. The molecule has 0 bridgehead atoms. The Morgan fingerprint density at radius 2 is 2.00 bits per heavy atom. The molecule has 21 heavy (non-hydrogen) atoms. The SMILES string of the molecule is OC12CCCCC1C(Nc1ccc3[nH]ccc3c1)CCC2. The summed E-state index contributed by atoms with van der Waals surface area (Å²) in [6, 6.07) is 9.02. The van der Waals surface area contributed by atoms with Gasteiger partial charge in [0.15, 0.2) is 0 Å². The van der Waals surface area contributed by atoms with Crippen LogP contribution in [-0.2, 0) is 0 Å². The second-order valence-corrected chi connectivity index (χ2v) is 6.88. The molecule has 2 aliphatic carbocycles. The molecule has 4 rings (SSSR count). The Morgan fingerprint density at radius 3 is 2.95 bits per heavy atom. The summed E-state index contributed by atoms with van der Waals surface area (Å²) < 4.78 is 0. The maximum absolute atomic E-state index is 10.9. The lowest BCUT2D eigenvalue weighted by atomic mass is 9.65. The van der Waals surface area contributed by atoms with Crippen molar-refractivity contribution in [1.82, 2.24) is 4.98 Å². The number of benzene rings is 1. The number of rotatable bonds is 2. The minimum Gasteiger partial charge on any atom is -0.390 e. The van der Waals surface area contributed by atoms with E-state index in [2.05, 4.69) is 34.6 Å². The molecule has 2 fully saturated rings. The van der Waals surface area contributed by atoms with Gasteiger partial charge in [-0.1, -0.05) is 12.8 Å². The standard InChI is InChI=1S/C18H24N2O/c21-18-9-2-1-4-15(18)17(5-3-10-18)20-14-6-7-16-13(12-14)8-11-19-16/h6-8,11-12,15,17,19-21H,1-5,9-10H2. The average molecular weight is 284 g/mol. The number of aromatic nitrogens is 1. The van der Waals surface area contributed by atoms with E-state index < -0.39 is 5.60 Å². The van der Waals surface area contributed by atoms with Crippen LogP contribution < -0.4 is 5.32 Å². The summed E-state index contributed by atoms with van der Waals surface area (Å²) in [7, 11) is 0. The van der Waals surface area contributed by atoms with Crippen molar-refractivity contribution in [3.05, 3.63) is 30.5 Å². The highest BCUT2D eigenvalue weighted by atomic mass is 16.3. The first-order valence-electron chi connectivity index (χ1n) is 8.31. The Hall–Kier alpha value is -1.48. The van der Waals surface area contributed by atoms with Crippen LogP contribution in [-0.4, -0.2) is 21.7 Å². The van der Waals surface area contributed by atoms with Gasteiger partial charge in [-0.3, -0.25) is 0 Å². The number of hydrogen-bond acceptors (Lipinski definition) is 2. The first-order valence-corrected chi connectivity index (χ1v) is 8.31. The Bertz CT molecular complexity index is 631. The topological polar surface area (TPSA) is 48.0 Å². The summed E-state index contributed by atoms with van der Waals surface area (Å²) in [6.45, 7) is 0. The van der Waals surface area contributed by atoms with Crippen molar-refractivity contribution in [1.29, 1.82) is 0 Å². The normalized spacial score (nSPS) is 32.8. The number of hydrogen-bond donors (Lipinski definition) is 3. The van der Waals surface area contributed by atoms with Gasteiger partial charge in [0.2, 0.25) is 0 Å². The van der Waals surface area contributed by atoms with Crippen LogP contribution in [0.2, 0.25) is 0 Å². The van der Waals surface area contributed by atoms with Gasteiger partial charge in [0.1, 0.15) is 0 Å². The van der Waals surface area contributed by atoms with Crippen molar-refractivity contribution in [3.63, 3.8) is 0 Å². The molecule has 0 aliphatic heterocycles. The minimum absolute atomic E-state index is 0.410. The molecule has 3 N–H and O–H groups in total. The molecule has 3 atom stereocenters. The van der Waals surface area contributed by atoms with Crippen molar-refractivity contribution in [2.45, 2.75) is 56.6 Å². The van der Waals surface area contributed by atoms with Gasteiger partial charge in [-0.2, -0.15) is 0 Å². The van der Waals surface area contributed by atoms with Crippen molar-refractivity contribution in [2.75, 3.05) is 5.32 Å². The second-order valence-electron chi connectivity index (χ2n) is 6.88. The molecule has 3 unspecified atom stereocenters. The van der Waals surface area contributed by atoms with Crippen LogP contribution in [0, 0.1) is 5.92 Å². The van der Waals surface area contributed by atoms with Crippen LogP contribution in [0.3, 0.4) is 0 Å². The number of aliphatic hydroxyl groups is 1. The quantitative estimate of drug-likeness (QED) is 0.779. The Morgan fingerprint density at radius 1 is 1.10 bits per heavy atom. The molecule has 0 saturated heterocycles. The van der Waals surface area contributed by atoms with Crippen molar-refractivity contribution >= 4 is 16.6 Å². The fourth-order valence-electron chi connectivity index (χ4n) is 4.49. The van der Waals surface area contributed by atoms with Crippen LogP contribution in [0.5, 0.6) is 0 Å². The third kappa shape index (κ3) is 2.34. The molecular weight excluding hydrogens is 260 g/mol. The van der Waals surface area contributed by atoms with Crippen molar-refractivity contribution in [2.24, 2.45) is 5.92 Å². The van der Waals surface area contributed by atoms with E-state index in [1.807, 2.05) is 6.20 Å². The largest absolute Gasteiger partial charge is 0.390 e. The first kappa shape index (κ1) is 13.2. The summed E-state index contributed by atoms with van der Waals surface area (Å²) in [4.78, 5) is 3.23. The molecular formula is C18H24N2O. The van der Waals surface area contributed by atoms with E-state index in [1.54, 1.807) is 0 Å². The van der Waals surface area contributed by atoms with E-state index in [4.69, 9.17) is 0 Å². The van der Waals surface area contributed by atoms with Gasteiger partial charge in [-0.05, 0) is 56.4 Å². The third-order valence-electron chi connectivity index (χ3n) is 5.58. The zero-order valence-electron chi connectivity index (χ0n) is 12.4. The molecule has 2 saturated carbocycles. The van der Waals surface area contributed by atoms with Crippen LogP contribution >= 0.6 is 0 Å². The van der Waals surface area contributed by atoms with Gasteiger partial charge in [-0.15, -0.1) is 0 Å². The molecule has 0 radical (unpaired) electrons. The Balaban J connectivity index is 1.57. The monoisotopic (exact) mass is 284 g/mol. The number of aromatic amines is 1. The Kier molecular flexibility index (Phi) is 3.18. The van der Waals surface area contributed by atoms with E-state index in [-0.39, 0.29) is 0 Å². The molecule has 1 aromatic carbocycles. The third-order valence-corrected chi connectivity index (χ3v) is 5.58. The average Bonchev–Trinajstić information content (AvgIpc) is 2.94. The van der Waals surface area contributed by atoms with Gasteiger partial charge in [-0.25, -0.2) is 0 Å². The number of H-pyrrole nitrogens is 1. The van der Waals surface area contributed by atoms with Gasteiger partial charge < -0.3 is 15.4 Å². The van der Waals surface area contributed by atoms with Crippen LogP contribution in [0.15, 0.2) is 30.5 Å².